The van der Waals surface area contributed by atoms with Gasteiger partial charge < -0.3 is 15.2 Å². The third kappa shape index (κ3) is 3.11. The third-order valence-corrected chi connectivity index (χ3v) is 5.37. The highest BCUT2D eigenvalue weighted by Crippen LogP contribution is 2.36. The predicted octanol–water partition coefficient (Wildman–Crippen LogP) is 5.11. The molecule has 4 aromatic carbocycles. The maximum atomic E-state index is 12.2. The highest BCUT2D eigenvalue weighted by Gasteiger charge is 2.29. The van der Waals surface area contributed by atoms with Gasteiger partial charge in [-0.25, -0.2) is 4.79 Å². The smallest absolute Gasteiger partial charge is 0.406 e. The molecule has 4 nitrogen and oxygen atoms in total. The van der Waals surface area contributed by atoms with Crippen molar-refractivity contribution in [3.8, 4) is 0 Å². The predicted molar refractivity (Wildman–Crippen MR) is 121 cm³/mol. The number of fused-ring (bicyclic) bond motifs is 1. The van der Waals surface area contributed by atoms with Crippen molar-refractivity contribution in [3.05, 3.63) is 90.5 Å². The fourth-order valence-electron chi connectivity index (χ4n) is 3.97. The zero-order chi connectivity index (χ0) is 19.8. The van der Waals surface area contributed by atoms with Crippen LogP contribution in [0.5, 0.6) is 0 Å². The Bertz CT molecular complexity index is 1240. The van der Waals surface area contributed by atoms with Crippen molar-refractivity contribution in [2.45, 2.75) is 0 Å². The number of benzene rings is 4. The molecule has 0 fully saturated rings. The van der Waals surface area contributed by atoms with Crippen LogP contribution in [-0.2, 0) is 9.53 Å². The van der Waals surface area contributed by atoms with E-state index < -0.39 is 0 Å². The molecule has 29 heavy (non-hydrogen) atoms. The lowest BCUT2D eigenvalue weighted by atomic mass is 9.62. The first-order chi connectivity index (χ1) is 14.2. The van der Waals surface area contributed by atoms with Crippen molar-refractivity contribution in [1.82, 2.24) is 0 Å². The number of rotatable bonds is 3. The second kappa shape index (κ2) is 7.02. The minimum Gasteiger partial charge on any atom is -0.466 e. The number of ether oxygens (including phenoxy) is 1. The van der Waals surface area contributed by atoms with Crippen molar-refractivity contribution in [3.63, 3.8) is 0 Å². The fourth-order valence-corrected chi connectivity index (χ4v) is 3.97. The van der Waals surface area contributed by atoms with E-state index in [1.54, 1.807) is 6.08 Å². The monoisotopic (exact) mass is 378 g/mol. The van der Waals surface area contributed by atoms with Crippen molar-refractivity contribution in [1.29, 1.82) is 0 Å². The van der Waals surface area contributed by atoms with Crippen LogP contribution < -0.4 is 10.5 Å². The van der Waals surface area contributed by atoms with Gasteiger partial charge in [0.05, 0.1) is 7.11 Å². The Labute approximate surface area is 169 Å². The van der Waals surface area contributed by atoms with Gasteiger partial charge >= 0.3 is 13.0 Å². The topological polar surface area (TPSA) is 50.4 Å². The Morgan fingerprint density at radius 1 is 0.828 bits per heavy atom. The van der Waals surface area contributed by atoms with Crippen LogP contribution in [0, 0.1) is 0 Å². The molecule has 2 N–H and O–H groups in total. The van der Waals surface area contributed by atoms with Crippen molar-refractivity contribution in [2.24, 2.45) is 0 Å². The molecule has 4 aromatic rings. The van der Waals surface area contributed by atoms with Crippen LogP contribution >= 0.6 is 0 Å². The molecule has 0 spiro atoms. The second-order valence-electron chi connectivity index (χ2n) is 7.12. The maximum Gasteiger partial charge on any atom is 0.406 e. The van der Waals surface area contributed by atoms with Crippen molar-refractivity contribution < 1.29 is 9.53 Å². The average molecular weight is 378 g/mol. The number of anilines is 2. The molecule has 5 heteroatoms. The van der Waals surface area contributed by atoms with Gasteiger partial charge in [-0.05, 0) is 45.4 Å². The van der Waals surface area contributed by atoms with E-state index in [0.29, 0.717) is 0 Å². The molecular weight excluding hydrogens is 359 g/mol. The maximum absolute atomic E-state index is 12.2. The van der Waals surface area contributed by atoms with Crippen molar-refractivity contribution >= 4 is 51.3 Å². The molecule has 0 amide bonds. The van der Waals surface area contributed by atoms with Gasteiger partial charge in [0.25, 0.3) is 0 Å². The number of hydrogen-bond acceptors (Lipinski definition) is 4. The lowest BCUT2D eigenvalue weighted by molar-refractivity contribution is -0.134. The molecule has 0 aromatic heterocycles. The number of hydrogen-bond donors (Lipinski definition) is 2. The summed E-state index contributed by atoms with van der Waals surface area (Å²) >= 11 is 0. The summed E-state index contributed by atoms with van der Waals surface area (Å²) in [6, 6.07) is 26.8. The summed E-state index contributed by atoms with van der Waals surface area (Å²) in [6.07, 6.45) is 1.56. The molecule has 1 heterocycles. The van der Waals surface area contributed by atoms with Gasteiger partial charge in [-0.3, -0.25) is 0 Å². The van der Waals surface area contributed by atoms with E-state index >= 15 is 0 Å². The van der Waals surface area contributed by atoms with Crippen LogP contribution in [0.1, 0.15) is 5.56 Å². The summed E-state index contributed by atoms with van der Waals surface area (Å²) in [5.41, 5.74) is 3.87. The van der Waals surface area contributed by atoms with Gasteiger partial charge in [-0.1, -0.05) is 60.7 Å². The van der Waals surface area contributed by atoms with Gasteiger partial charge in [0.1, 0.15) is 0 Å². The number of carbonyl (C=O) groups excluding carboxylic acids is 1. The van der Waals surface area contributed by atoms with E-state index in [9.17, 15) is 4.79 Å². The van der Waals surface area contributed by atoms with E-state index in [2.05, 4.69) is 59.0 Å². The molecule has 0 radical (unpaired) electrons. The summed E-state index contributed by atoms with van der Waals surface area (Å²) in [5.74, 6) is -0.381. The van der Waals surface area contributed by atoms with Crippen molar-refractivity contribution in [2.75, 3.05) is 17.6 Å². The first kappa shape index (κ1) is 17.4. The van der Waals surface area contributed by atoms with Crippen LogP contribution in [0.4, 0.5) is 11.4 Å². The van der Waals surface area contributed by atoms with E-state index in [1.165, 1.54) is 12.5 Å². The Morgan fingerprint density at radius 2 is 1.48 bits per heavy atom. The number of nitrogens with one attached hydrogen (secondary N) is 2. The van der Waals surface area contributed by atoms with Gasteiger partial charge in [0.2, 0.25) is 0 Å². The standard InChI is InChI=1S/C24H19BN2O2/c1-29-23(28)15-20(19-13-12-16-6-2-3-7-18(16)14-19)25-26-21-10-4-8-17-9-5-11-22(27-25)24(17)21/h2-15,26-27H,1H3/b20-15-. The molecule has 0 saturated heterocycles. The first-order valence-corrected chi connectivity index (χ1v) is 9.56. The molecule has 0 saturated carbocycles. The molecule has 0 atom stereocenters. The highest BCUT2D eigenvalue weighted by atomic mass is 16.5. The fraction of sp³-hybridized carbons (Fsp3) is 0.0417. The van der Waals surface area contributed by atoms with Gasteiger partial charge in [0.15, 0.2) is 0 Å². The minimum absolute atomic E-state index is 0.268. The Hall–Kier alpha value is -3.73. The Balaban J connectivity index is 1.62. The zero-order valence-electron chi connectivity index (χ0n) is 16.0. The van der Waals surface area contributed by atoms with Gasteiger partial charge in [-0.15, -0.1) is 0 Å². The molecule has 1 aliphatic rings. The van der Waals surface area contributed by atoms with E-state index in [0.717, 1.165) is 38.6 Å². The molecule has 0 bridgehead atoms. The highest BCUT2D eigenvalue weighted by molar-refractivity contribution is 6.85. The van der Waals surface area contributed by atoms with Crippen LogP contribution in [0.2, 0.25) is 0 Å². The molecule has 0 unspecified atom stereocenters. The second-order valence-corrected chi connectivity index (χ2v) is 7.12. The lowest BCUT2D eigenvalue weighted by Gasteiger charge is -2.28. The third-order valence-electron chi connectivity index (χ3n) is 5.37. The normalized spacial score (nSPS) is 13.1. The summed E-state index contributed by atoms with van der Waals surface area (Å²) < 4.78 is 4.94. The molecular formula is C24H19BN2O2. The summed E-state index contributed by atoms with van der Waals surface area (Å²) in [5, 5.41) is 11.7. The Kier molecular flexibility index (Phi) is 4.21. The van der Waals surface area contributed by atoms with Crippen LogP contribution in [0.15, 0.2) is 84.9 Å². The summed E-state index contributed by atoms with van der Waals surface area (Å²) in [6.45, 7) is -0.268. The molecule has 140 valence electrons. The summed E-state index contributed by atoms with van der Waals surface area (Å²) in [7, 11) is 1.40. The van der Waals surface area contributed by atoms with Crippen LogP contribution in [0.25, 0.3) is 27.0 Å². The minimum atomic E-state index is -0.381. The first-order valence-electron chi connectivity index (χ1n) is 9.56. The summed E-state index contributed by atoms with van der Waals surface area (Å²) in [4.78, 5) is 12.2. The van der Waals surface area contributed by atoms with E-state index in [4.69, 9.17) is 4.74 Å². The number of esters is 1. The average Bonchev–Trinajstić information content (AvgIpc) is 2.77. The zero-order valence-corrected chi connectivity index (χ0v) is 16.0. The molecule has 0 aliphatic carbocycles. The van der Waals surface area contributed by atoms with Crippen LogP contribution in [0.3, 0.4) is 0 Å². The van der Waals surface area contributed by atoms with Gasteiger partial charge in [-0.2, -0.15) is 0 Å². The van der Waals surface area contributed by atoms with E-state index in [-0.39, 0.29) is 13.0 Å². The van der Waals surface area contributed by atoms with Gasteiger partial charge in [0, 0.05) is 22.8 Å². The van der Waals surface area contributed by atoms with Crippen LogP contribution in [-0.4, -0.2) is 20.1 Å². The molecule has 1 aliphatic heterocycles. The van der Waals surface area contributed by atoms with E-state index in [1.807, 2.05) is 30.3 Å². The SMILES string of the molecule is COC(=O)/C=C(\B1Nc2cccc3cccc(c23)N1)c1ccc2ccccc2c1. The number of carbonyl (C=O) groups is 1. The quantitative estimate of drug-likeness (QED) is 0.295. The largest absolute Gasteiger partial charge is 0.466 e. The number of methoxy groups -OCH3 is 1. The Morgan fingerprint density at radius 3 is 2.17 bits per heavy atom. The molecule has 5 rings (SSSR count). The lowest BCUT2D eigenvalue weighted by Crippen LogP contribution is -2.39.